The molecule has 0 radical (unpaired) electrons. The van der Waals surface area contributed by atoms with E-state index in [-0.39, 0.29) is 6.04 Å². The van der Waals surface area contributed by atoms with Gasteiger partial charge in [0.15, 0.2) is 0 Å². The summed E-state index contributed by atoms with van der Waals surface area (Å²) >= 11 is 0. The van der Waals surface area contributed by atoms with Crippen LogP contribution in [0.3, 0.4) is 0 Å². The summed E-state index contributed by atoms with van der Waals surface area (Å²) < 4.78 is 0. The molecular formula is C18H27N3. The van der Waals surface area contributed by atoms with Crippen molar-refractivity contribution in [2.45, 2.75) is 38.8 Å². The van der Waals surface area contributed by atoms with Crippen LogP contribution in [0.25, 0.3) is 0 Å². The highest BCUT2D eigenvalue weighted by Crippen LogP contribution is 2.38. The van der Waals surface area contributed by atoms with Gasteiger partial charge in [-0.2, -0.15) is 5.26 Å². The molecule has 0 aliphatic heterocycles. The molecule has 0 amide bonds. The molecule has 3 unspecified atom stereocenters. The van der Waals surface area contributed by atoms with Crippen LogP contribution in [-0.2, 0) is 5.54 Å². The Labute approximate surface area is 129 Å². The zero-order valence-corrected chi connectivity index (χ0v) is 13.6. The smallest absolute Gasteiger partial charge is 0.145 e. The lowest BCUT2D eigenvalue weighted by Gasteiger charge is -2.34. The fourth-order valence-corrected chi connectivity index (χ4v) is 3.09. The minimum absolute atomic E-state index is 0.262. The van der Waals surface area contributed by atoms with Crippen molar-refractivity contribution in [3.8, 4) is 6.07 Å². The van der Waals surface area contributed by atoms with Gasteiger partial charge in [0.1, 0.15) is 5.54 Å². The molecule has 0 aromatic heterocycles. The Morgan fingerprint density at radius 1 is 1.38 bits per heavy atom. The predicted molar refractivity (Wildman–Crippen MR) is 86.8 cm³/mol. The molecule has 2 rings (SSSR count). The molecule has 1 saturated carbocycles. The fraction of sp³-hybridized carbons (Fsp3) is 0.611. The number of nitriles is 1. The van der Waals surface area contributed by atoms with Gasteiger partial charge in [0.2, 0.25) is 0 Å². The van der Waals surface area contributed by atoms with Gasteiger partial charge in [-0.15, -0.1) is 0 Å². The molecular weight excluding hydrogens is 258 g/mol. The first kappa shape index (κ1) is 16.0. The molecule has 1 N–H and O–H groups in total. The summed E-state index contributed by atoms with van der Waals surface area (Å²) in [6.45, 7) is 8.29. The highest BCUT2D eigenvalue weighted by molar-refractivity contribution is 5.32. The van der Waals surface area contributed by atoms with E-state index in [1.54, 1.807) is 0 Å². The first-order chi connectivity index (χ1) is 9.97. The van der Waals surface area contributed by atoms with Crippen molar-refractivity contribution in [3.05, 3.63) is 35.9 Å². The molecule has 21 heavy (non-hydrogen) atoms. The molecule has 114 valence electrons. The van der Waals surface area contributed by atoms with E-state index in [0.717, 1.165) is 30.5 Å². The van der Waals surface area contributed by atoms with E-state index in [1.807, 2.05) is 30.3 Å². The van der Waals surface area contributed by atoms with E-state index >= 15 is 0 Å². The lowest BCUT2D eigenvalue weighted by Crippen LogP contribution is -2.52. The van der Waals surface area contributed by atoms with E-state index in [1.165, 1.54) is 6.42 Å². The standard InChI is InChI=1S/C18H27N3/c1-14(2)20-18(12-19,17-8-6-5-7-9-17)13-21(4)11-16-10-15(16)3/h5-9,14-16,20H,10-11,13H2,1-4H3. The topological polar surface area (TPSA) is 39.1 Å². The number of rotatable bonds is 7. The van der Waals surface area contributed by atoms with Crippen LogP contribution >= 0.6 is 0 Å². The molecule has 1 aliphatic rings. The van der Waals surface area contributed by atoms with Crippen LogP contribution in [0.5, 0.6) is 0 Å². The third kappa shape index (κ3) is 4.06. The van der Waals surface area contributed by atoms with Gasteiger partial charge in [-0.3, -0.25) is 5.32 Å². The zero-order chi connectivity index (χ0) is 15.5. The van der Waals surface area contributed by atoms with E-state index in [2.05, 4.69) is 44.1 Å². The van der Waals surface area contributed by atoms with Crippen LogP contribution in [0.4, 0.5) is 0 Å². The summed E-state index contributed by atoms with van der Waals surface area (Å²) in [6.07, 6.45) is 1.33. The molecule has 1 aliphatic carbocycles. The Hall–Kier alpha value is -1.37. The molecule has 0 spiro atoms. The second kappa shape index (κ2) is 6.60. The average Bonchev–Trinajstić information content (AvgIpc) is 3.13. The van der Waals surface area contributed by atoms with Crippen LogP contribution in [0.2, 0.25) is 0 Å². The van der Waals surface area contributed by atoms with E-state index in [9.17, 15) is 5.26 Å². The Balaban J connectivity index is 2.16. The molecule has 0 heterocycles. The first-order valence-electron chi connectivity index (χ1n) is 7.90. The van der Waals surface area contributed by atoms with Crippen molar-refractivity contribution < 1.29 is 0 Å². The van der Waals surface area contributed by atoms with Gasteiger partial charge < -0.3 is 4.90 Å². The van der Waals surface area contributed by atoms with E-state index in [0.29, 0.717) is 0 Å². The molecule has 1 fully saturated rings. The third-order valence-corrected chi connectivity index (χ3v) is 4.32. The summed E-state index contributed by atoms with van der Waals surface area (Å²) in [5.41, 5.74) is 0.416. The second-order valence-electron chi connectivity index (χ2n) is 6.85. The third-order valence-electron chi connectivity index (χ3n) is 4.32. The Morgan fingerprint density at radius 3 is 2.48 bits per heavy atom. The van der Waals surface area contributed by atoms with Gasteiger partial charge in [0, 0.05) is 19.1 Å². The van der Waals surface area contributed by atoms with E-state index in [4.69, 9.17) is 0 Å². The fourth-order valence-electron chi connectivity index (χ4n) is 3.09. The lowest BCUT2D eigenvalue weighted by atomic mass is 9.89. The Bertz CT molecular complexity index is 491. The second-order valence-corrected chi connectivity index (χ2v) is 6.85. The highest BCUT2D eigenvalue weighted by Gasteiger charge is 2.37. The van der Waals surface area contributed by atoms with E-state index < -0.39 is 5.54 Å². The number of hydrogen-bond acceptors (Lipinski definition) is 3. The number of nitrogens with zero attached hydrogens (tertiary/aromatic N) is 2. The molecule has 0 bridgehead atoms. The van der Waals surface area contributed by atoms with Gasteiger partial charge in [0.25, 0.3) is 0 Å². The maximum absolute atomic E-state index is 9.89. The van der Waals surface area contributed by atoms with Crippen molar-refractivity contribution in [2.75, 3.05) is 20.1 Å². The lowest BCUT2D eigenvalue weighted by molar-refractivity contribution is 0.230. The predicted octanol–water partition coefficient (Wildman–Crippen LogP) is 2.99. The van der Waals surface area contributed by atoms with Gasteiger partial charge >= 0.3 is 0 Å². The molecule has 0 saturated heterocycles. The Kier molecular flexibility index (Phi) is 5.03. The monoisotopic (exact) mass is 285 g/mol. The molecule has 3 atom stereocenters. The van der Waals surface area contributed by atoms with Gasteiger partial charge in [-0.1, -0.05) is 37.3 Å². The maximum atomic E-state index is 9.89. The summed E-state index contributed by atoms with van der Waals surface area (Å²) in [7, 11) is 2.13. The van der Waals surface area contributed by atoms with Crippen LogP contribution < -0.4 is 5.32 Å². The van der Waals surface area contributed by atoms with Crippen LogP contribution in [0.15, 0.2) is 30.3 Å². The van der Waals surface area contributed by atoms with Crippen LogP contribution in [0.1, 0.15) is 32.8 Å². The summed E-state index contributed by atoms with van der Waals surface area (Å²) in [5, 5.41) is 13.4. The molecule has 1 aromatic carbocycles. The van der Waals surface area contributed by atoms with Crippen LogP contribution in [-0.4, -0.2) is 31.1 Å². The largest absolute Gasteiger partial charge is 0.303 e. The minimum atomic E-state index is -0.637. The maximum Gasteiger partial charge on any atom is 0.145 e. The molecule has 3 nitrogen and oxygen atoms in total. The van der Waals surface area contributed by atoms with Crippen molar-refractivity contribution in [1.82, 2.24) is 10.2 Å². The van der Waals surface area contributed by atoms with Gasteiger partial charge in [0.05, 0.1) is 6.07 Å². The summed E-state index contributed by atoms with van der Waals surface area (Å²) in [4.78, 5) is 2.31. The summed E-state index contributed by atoms with van der Waals surface area (Å²) in [6, 6.07) is 12.9. The Morgan fingerprint density at radius 2 is 2.00 bits per heavy atom. The SMILES string of the molecule is CC(C)NC(C#N)(CN(C)CC1CC1C)c1ccccc1. The van der Waals surface area contributed by atoms with Crippen LogP contribution in [0, 0.1) is 23.2 Å². The van der Waals surface area contributed by atoms with Crippen molar-refractivity contribution in [1.29, 1.82) is 5.26 Å². The normalized spacial score (nSPS) is 23.9. The van der Waals surface area contributed by atoms with Gasteiger partial charge in [-0.25, -0.2) is 0 Å². The highest BCUT2D eigenvalue weighted by atomic mass is 15.2. The molecule has 1 aromatic rings. The quantitative estimate of drug-likeness (QED) is 0.837. The average molecular weight is 285 g/mol. The molecule has 3 heteroatoms. The minimum Gasteiger partial charge on any atom is -0.303 e. The number of nitrogens with one attached hydrogen (secondary N) is 1. The van der Waals surface area contributed by atoms with Crippen molar-refractivity contribution >= 4 is 0 Å². The number of benzene rings is 1. The first-order valence-corrected chi connectivity index (χ1v) is 7.90. The summed E-state index contributed by atoms with van der Waals surface area (Å²) in [5.74, 6) is 1.65. The van der Waals surface area contributed by atoms with Crippen molar-refractivity contribution in [3.63, 3.8) is 0 Å². The van der Waals surface area contributed by atoms with Crippen molar-refractivity contribution in [2.24, 2.45) is 11.8 Å². The van der Waals surface area contributed by atoms with Gasteiger partial charge in [-0.05, 0) is 44.7 Å². The zero-order valence-electron chi connectivity index (χ0n) is 13.6. The number of hydrogen-bond donors (Lipinski definition) is 1. The number of likely N-dealkylation sites (N-methyl/N-ethyl adjacent to an activating group) is 1.